The molecule has 126 valence electrons. The average molecular weight is 347 g/mol. The molecule has 2 aromatic carbocycles. The van der Waals surface area contributed by atoms with Gasteiger partial charge in [-0.05, 0) is 31.3 Å². The van der Waals surface area contributed by atoms with Gasteiger partial charge in [0.1, 0.15) is 5.82 Å². The predicted molar refractivity (Wildman–Crippen MR) is 98.0 cm³/mol. The molecule has 1 fully saturated rings. The Kier molecular flexibility index (Phi) is 4.73. The van der Waals surface area contributed by atoms with E-state index in [1.54, 1.807) is 6.07 Å². The van der Waals surface area contributed by atoms with E-state index in [0.29, 0.717) is 0 Å². The Morgan fingerprint density at radius 3 is 2.38 bits per heavy atom. The van der Waals surface area contributed by atoms with E-state index in [-0.39, 0.29) is 18.2 Å². The summed E-state index contributed by atoms with van der Waals surface area (Å²) in [5.74, 6) is 0.705. The van der Waals surface area contributed by atoms with Crippen LogP contribution in [0.25, 0.3) is 16.6 Å². The number of nitrogens with zero attached hydrogens (tertiary/aromatic N) is 4. The van der Waals surface area contributed by atoms with Crippen LogP contribution < -0.4 is 4.90 Å². The summed E-state index contributed by atoms with van der Waals surface area (Å²) in [4.78, 5) is 4.60. The molecule has 2 heterocycles. The molecule has 0 unspecified atom stereocenters. The smallest absolute Gasteiger partial charge is 0.159 e. The van der Waals surface area contributed by atoms with Gasteiger partial charge in [-0.1, -0.05) is 18.2 Å². The van der Waals surface area contributed by atoms with E-state index < -0.39 is 0 Å². The molecular formula is C18H20ClFN4. The molecule has 4 nitrogen and oxygen atoms in total. The van der Waals surface area contributed by atoms with E-state index in [2.05, 4.69) is 16.8 Å². The van der Waals surface area contributed by atoms with Gasteiger partial charge >= 0.3 is 0 Å². The first kappa shape index (κ1) is 16.7. The van der Waals surface area contributed by atoms with Crippen LogP contribution in [0.3, 0.4) is 0 Å². The van der Waals surface area contributed by atoms with Gasteiger partial charge in [-0.2, -0.15) is 0 Å². The van der Waals surface area contributed by atoms with Crippen molar-refractivity contribution in [2.45, 2.75) is 0 Å². The first-order valence-electron chi connectivity index (χ1n) is 7.89. The van der Waals surface area contributed by atoms with Gasteiger partial charge in [-0.25, -0.2) is 9.07 Å². The second kappa shape index (κ2) is 6.79. The SMILES string of the molecule is CN1CCN(c2nn(-c3ccccc3)c3cc(F)ccc23)CC1.Cl. The Morgan fingerprint density at radius 1 is 0.958 bits per heavy atom. The second-order valence-electron chi connectivity index (χ2n) is 6.02. The lowest BCUT2D eigenvalue weighted by molar-refractivity contribution is 0.312. The van der Waals surface area contributed by atoms with Gasteiger partial charge in [0.2, 0.25) is 0 Å². The topological polar surface area (TPSA) is 24.3 Å². The standard InChI is InChI=1S/C18H19FN4.ClH/c1-21-9-11-22(12-10-21)18-16-8-7-14(19)13-17(16)23(20-18)15-5-3-2-4-6-15;/h2-8,13H,9-12H2,1H3;1H. The second-order valence-corrected chi connectivity index (χ2v) is 6.02. The normalized spacial score (nSPS) is 15.5. The van der Waals surface area contributed by atoms with Crippen molar-refractivity contribution in [3.05, 3.63) is 54.3 Å². The fraction of sp³-hybridized carbons (Fsp3) is 0.278. The molecule has 1 saturated heterocycles. The van der Waals surface area contributed by atoms with Gasteiger partial charge < -0.3 is 9.80 Å². The molecule has 0 aliphatic carbocycles. The van der Waals surface area contributed by atoms with E-state index in [1.165, 1.54) is 6.07 Å². The van der Waals surface area contributed by atoms with E-state index in [0.717, 1.165) is 48.6 Å². The van der Waals surface area contributed by atoms with Crippen molar-refractivity contribution >= 4 is 29.1 Å². The summed E-state index contributed by atoms with van der Waals surface area (Å²) < 4.78 is 15.6. The van der Waals surface area contributed by atoms with Gasteiger partial charge in [-0.15, -0.1) is 17.5 Å². The highest BCUT2D eigenvalue weighted by Crippen LogP contribution is 2.29. The molecule has 3 aromatic rings. The van der Waals surface area contributed by atoms with Crippen LogP contribution in [0, 0.1) is 5.82 Å². The van der Waals surface area contributed by atoms with E-state index in [1.807, 2.05) is 41.1 Å². The number of halogens is 2. The third kappa shape index (κ3) is 2.97. The number of para-hydroxylation sites is 1. The molecule has 0 saturated carbocycles. The first-order valence-corrected chi connectivity index (χ1v) is 7.89. The van der Waals surface area contributed by atoms with Crippen molar-refractivity contribution in [3.8, 4) is 5.69 Å². The summed E-state index contributed by atoms with van der Waals surface area (Å²) >= 11 is 0. The summed E-state index contributed by atoms with van der Waals surface area (Å²) in [5.41, 5.74) is 1.76. The van der Waals surface area contributed by atoms with Crippen LogP contribution in [0.4, 0.5) is 10.2 Å². The lowest BCUT2D eigenvalue weighted by Crippen LogP contribution is -2.44. The summed E-state index contributed by atoms with van der Waals surface area (Å²) in [6.07, 6.45) is 0. The van der Waals surface area contributed by atoms with Crippen LogP contribution in [0.1, 0.15) is 0 Å². The number of rotatable bonds is 2. The Balaban J connectivity index is 0.00000169. The molecule has 0 bridgehead atoms. The highest BCUT2D eigenvalue weighted by Gasteiger charge is 2.21. The Hall–Kier alpha value is -2.11. The lowest BCUT2D eigenvalue weighted by atomic mass is 10.2. The van der Waals surface area contributed by atoms with Crippen LogP contribution >= 0.6 is 12.4 Å². The van der Waals surface area contributed by atoms with Crippen molar-refractivity contribution in [2.24, 2.45) is 0 Å². The summed E-state index contributed by atoms with van der Waals surface area (Å²) in [5, 5.41) is 5.81. The Bertz CT molecular complexity index is 826. The monoisotopic (exact) mass is 346 g/mol. The van der Waals surface area contributed by atoms with Crippen molar-refractivity contribution in [1.82, 2.24) is 14.7 Å². The molecule has 0 radical (unpaired) electrons. The zero-order chi connectivity index (χ0) is 15.8. The molecule has 0 amide bonds. The molecule has 1 aromatic heterocycles. The predicted octanol–water partition coefficient (Wildman–Crippen LogP) is 3.34. The minimum Gasteiger partial charge on any atom is -0.352 e. The minimum atomic E-state index is -0.237. The fourth-order valence-electron chi connectivity index (χ4n) is 3.09. The fourth-order valence-corrected chi connectivity index (χ4v) is 3.09. The minimum absolute atomic E-state index is 0. The van der Waals surface area contributed by atoms with Crippen molar-refractivity contribution in [2.75, 3.05) is 38.1 Å². The van der Waals surface area contributed by atoms with E-state index >= 15 is 0 Å². The molecule has 1 aliphatic rings. The van der Waals surface area contributed by atoms with Crippen LogP contribution in [0.15, 0.2) is 48.5 Å². The maximum Gasteiger partial charge on any atom is 0.159 e. The Labute approximate surface area is 146 Å². The molecule has 4 rings (SSSR count). The maximum atomic E-state index is 13.8. The molecule has 24 heavy (non-hydrogen) atoms. The quantitative estimate of drug-likeness (QED) is 0.711. The number of anilines is 1. The van der Waals surface area contributed by atoms with Crippen LogP contribution in [0.5, 0.6) is 0 Å². The zero-order valence-corrected chi connectivity index (χ0v) is 14.3. The lowest BCUT2D eigenvalue weighted by Gasteiger charge is -2.32. The number of fused-ring (bicyclic) bond motifs is 1. The van der Waals surface area contributed by atoms with Crippen LogP contribution in [-0.4, -0.2) is 47.9 Å². The molecule has 6 heteroatoms. The molecule has 0 spiro atoms. The number of likely N-dealkylation sites (N-methyl/N-ethyl adjacent to an activating group) is 1. The number of hydrogen-bond donors (Lipinski definition) is 0. The summed E-state index contributed by atoms with van der Waals surface area (Å²) in [6, 6.07) is 14.8. The average Bonchev–Trinajstić information content (AvgIpc) is 2.95. The molecule has 0 atom stereocenters. The number of piperazine rings is 1. The zero-order valence-electron chi connectivity index (χ0n) is 13.5. The van der Waals surface area contributed by atoms with Gasteiger partial charge in [0.25, 0.3) is 0 Å². The van der Waals surface area contributed by atoms with Crippen molar-refractivity contribution < 1.29 is 4.39 Å². The van der Waals surface area contributed by atoms with E-state index in [4.69, 9.17) is 5.10 Å². The van der Waals surface area contributed by atoms with Crippen LogP contribution in [0.2, 0.25) is 0 Å². The van der Waals surface area contributed by atoms with Crippen molar-refractivity contribution in [3.63, 3.8) is 0 Å². The Morgan fingerprint density at radius 2 is 1.67 bits per heavy atom. The van der Waals surface area contributed by atoms with Crippen LogP contribution in [-0.2, 0) is 0 Å². The number of benzene rings is 2. The van der Waals surface area contributed by atoms with Crippen molar-refractivity contribution in [1.29, 1.82) is 0 Å². The third-order valence-corrected chi connectivity index (χ3v) is 4.43. The van der Waals surface area contributed by atoms with Gasteiger partial charge in [0.15, 0.2) is 5.82 Å². The van der Waals surface area contributed by atoms with Gasteiger partial charge in [0, 0.05) is 37.6 Å². The highest BCUT2D eigenvalue weighted by molar-refractivity contribution is 5.92. The highest BCUT2D eigenvalue weighted by atomic mass is 35.5. The third-order valence-electron chi connectivity index (χ3n) is 4.43. The van der Waals surface area contributed by atoms with E-state index in [9.17, 15) is 4.39 Å². The molecule has 0 N–H and O–H groups in total. The summed E-state index contributed by atoms with van der Waals surface area (Å²) in [7, 11) is 2.13. The van der Waals surface area contributed by atoms with Gasteiger partial charge in [-0.3, -0.25) is 0 Å². The van der Waals surface area contributed by atoms with Gasteiger partial charge in [0.05, 0.1) is 11.2 Å². The molecule has 1 aliphatic heterocycles. The maximum absolute atomic E-state index is 13.8. The molecular weight excluding hydrogens is 327 g/mol. The number of hydrogen-bond acceptors (Lipinski definition) is 3. The first-order chi connectivity index (χ1) is 11.2. The summed E-state index contributed by atoms with van der Waals surface area (Å²) in [6.45, 7) is 3.91. The number of aromatic nitrogens is 2. The largest absolute Gasteiger partial charge is 0.352 e.